The van der Waals surface area contributed by atoms with E-state index in [4.69, 9.17) is 9.47 Å². The number of carbonyl (C=O) groups is 1. The number of thioether (sulfide) groups is 1. The lowest BCUT2D eigenvalue weighted by Gasteiger charge is -2.13. The van der Waals surface area contributed by atoms with Crippen LogP contribution in [0, 0.1) is 20.8 Å². The number of nitrogens with one attached hydrogen (secondary N) is 1. The quantitative estimate of drug-likeness (QED) is 0.492. The number of carbonyl (C=O) groups excluding carboxylic acids is 1. The molecular formula is C23H28N4O3S. The Labute approximate surface area is 187 Å². The number of aryl methyl sites for hydroxylation is 3. The number of benzene rings is 2. The van der Waals surface area contributed by atoms with E-state index in [1.807, 2.05) is 56.5 Å². The molecule has 7 nitrogen and oxygen atoms in total. The molecule has 0 aliphatic rings. The minimum absolute atomic E-state index is 0.0717. The molecule has 0 spiro atoms. The van der Waals surface area contributed by atoms with Crippen LogP contribution in [-0.4, -0.2) is 33.5 Å². The van der Waals surface area contributed by atoms with Crippen molar-refractivity contribution in [3.05, 3.63) is 58.9 Å². The third-order valence-corrected chi connectivity index (χ3v) is 5.78. The lowest BCUT2D eigenvalue weighted by molar-refractivity contribution is -0.113. The summed E-state index contributed by atoms with van der Waals surface area (Å²) in [6, 6.07) is 11.6. The maximum atomic E-state index is 12.5. The average Bonchev–Trinajstić information content (AvgIpc) is 3.15. The van der Waals surface area contributed by atoms with Crippen molar-refractivity contribution >= 4 is 23.4 Å². The highest BCUT2D eigenvalue weighted by Crippen LogP contribution is 2.27. The van der Waals surface area contributed by atoms with Crippen molar-refractivity contribution in [3.8, 4) is 11.5 Å². The predicted octanol–water partition coefficient (Wildman–Crippen LogP) is 4.54. The van der Waals surface area contributed by atoms with Crippen LogP contribution in [0.25, 0.3) is 0 Å². The maximum absolute atomic E-state index is 12.5. The fraction of sp³-hybridized carbons (Fsp3) is 0.348. The van der Waals surface area contributed by atoms with Gasteiger partial charge in [-0.15, -0.1) is 10.2 Å². The predicted molar refractivity (Wildman–Crippen MR) is 123 cm³/mol. The van der Waals surface area contributed by atoms with Gasteiger partial charge in [-0.05, 0) is 51.0 Å². The van der Waals surface area contributed by atoms with Gasteiger partial charge in [0.25, 0.3) is 0 Å². The van der Waals surface area contributed by atoms with E-state index in [-0.39, 0.29) is 18.3 Å². The van der Waals surface area contributed by atoms with Crippen LogP contribution in [0.4, 0.5) is 5.69 Å². The molecule has 31 heavy (non-hydrogen) atoms. The monoisotopic (exact) mass is 440 g/mol. The van der Waals surface area contributed by atoms with Gasteiger partial charge in [0.1, 0.15) is 6.61 Å². The van der Waals surface area contributed by atoms with E-state index in [2.05, 4.69) is 27.6 Å². The number of hydrogen-bond donors (Lipinski definition) is 1. The molecule has 0 saturated carbocycles. The third kappa shape index (κ3) is 5.58. The molecule has 2 aromatic carbocycles. The first-order valence-electron chi connectivity index (χ1n) is 10.1. The number of para-hydroxylation sites is 2. The van der Waals surface area contributed by atoms with Crippen molar-refractivity contribution in [1.29, 1.82) is 0 Å². The molecular weight excluding hydrogens is 412 g/mol. The fourth-order valence-electron chi connectivity index (χ4n) is 3.41. The van der Waals surface area contributed by atoms with Crippen LogP contribution in [0.5, 0.6) is 11.5 Å². The Bertz CT molecular complexity index is 1040. The first kappa shape index (κ1) is 22.7. The minimum atomic E-state index is -0.0717. The van der Waals surface area contributed by atoms with Crippen LogP contribution in [0.15, 0.2) is 41.6 Å². The van der Waals surface area contributed by atoms with Crippen LogP contribution in [0.2, 0.25) is 0 Å². The standard InChI is InChI=1S/C23H28N4O3S/c1-6-27-20(13-30-19-10-8-7-9-18(19)29-5)25-26-23(27)31-14-21(28)24-22-16(3)11-15(2)12-17(22)4/h7-12H,6,13-14H2,1-5H3,(H,24,28). The van der Waals surface area contributed by atoms with E-state index in [1.165, 1.54) is 17.3 Å². The van der Waals surface area contributed by atoms with E-state index in [0.717, 1.165) is 16.8 Å². The number of ether oxygens (including phenoxy) is 2. The van der Waals surface area contributed by atoms with Crippen molar-refractivity contribution in [1.82, 2.24) is 14.8 Å². The van der Waals surface area contributed by atoms with Crippen LogP contribution in [0.1, 0.15) is 29.4 Å². The molecule has 8 heteroatoms. The summed E-state index contributed by atoms with van der Waals surface area (Å²) < 4.78 is 13.1. The van der Waals surface area contributed by atoms with Crippen LogP contribution >= 0.6 is 11.8 Å². The minimum Gasteiger partial charge on any atom is -0.493 e. The summed E-state index contributed by atoms with van der Waals surface area (Å²) in [5.74, 6) is 2.18. The van der Waals surface area contributed by atoms with Gasteiger partial charge in [0, 0.05) is 12.2 Å². The highest BCUT2D eigenvalue weighted by molar-refractivity contribution is 7.99. The summed E-state index contributed by atoms with van der Waals surface area (Å²) in [5, 5.41) is 12.2. The van der Waals surface area contributed by atoms with E-state index in [9.17, 15) is 4.79 Å². The molecule has 0 unspecified atom stereocenters. The van der Waals surface area contributed by atoms with Crippen molar-refractivity contribution in [2.45, 2.75) is 46.0 Å². The first-order chi connectivity index (χ1) is 14.9. The van der Waals surface area contributed by atoms with Gasteiger partial charge in [-0.1, -0.05) is 41.6 Å². The van der Waals surface area contributed by atoms with E-state index < -0.39 is 0 Å². The van der Waals surface area contributed by atoms with Crippen molar-refractivity contribution in [3.63, 3.8) is 0 Å². The second-order valence-corrected chi connectivity index (χ2v) is 8.14. The second kappa shape index (κ2) is 10.3. The summed E-state index contributed by atoms with van der Waals surface area (Å²) in [4.78, 5) is 12.5. The van der Waals surface area contributed by atoms with E-state index in [0.29, 0.717) is 29.0 Å². The maximum Gasteiger partial charge on any atom is 0.234 e. The third-order valence-electron chi connectivity index (χ3n) is 4.81. The van der Waals surface area contributed by atoms with Gasteiger partial charge >= 0.3 is 0 Å². The molecule has 0 aliphatic carbocycles. The molecule has 0 bridgehead atoms. The van der Waals surface area contributed by atoms with Crippen LogP contribution in [0.3, 0.4) is 0 Å². The Balaban J connectivity index is 1.62. The average molecular weight is 441 g/mol. The van der Waals surface area contributed by atoms with Crippen LogP contribution < -0.4 is 14.8 Å². The van der Waals surface area contributed by atoms with E-state index in [1.54, 1.807) is 7.11 Å². The Morgan fingerprint density at radius 2 is 1.77 bits per heavy atom. The largest absolute Gasteiger partial charge is 0.493 e. The second-order valence-electron chi connectivity index (χ2n) is 7.19. The zero-order valence-corrected chi connectivity index (χ0v) is 19.4. The van der Waals surface area contributed by atoms with Gasteiger partial charge in [-0.2, -0.15) is 0 Å². The first-order valence-corrected chi connectivity index (χ1v) is 11.1. The number of anilines is 1. The molecule has 3 aromatic rings. The van der Waals surface area contributed by atoms with Gasteiger partial charge in [0.05, 0.1) is 12.9 Å². The summed E-state index contributed by atoms with van der Waals surface area (Å²) in [7, 11) is 1.61. The zero-order valence-electron chi connectivity index (χ0n) is 18.6. The molecule has 1 N–H and O–H groups in total. The number of methoxy groups -OCH3 is 1. The lowest BCUT2D eigenvalue weighted by atomic mass is 10.1. The van der Waals surface area contributed by atoms with Crippen molar-refractivity contribution < 1.29 is 14.3 Å². The Hall–Kier alpha value is -3.00. The molecule has 0 saturated heterocycles. The summed E-state index contributed by atoms with van der Waals surface area (Å²) >= 11 is 1.36. The number of nitrogens with zero attached hydrogens (tertiary/aromatic N) is 3. The molecule has 3 rings (SSSR count). The Kier molecular flexibility index (Phi) is 7.57. The molecule has 1 aromatic heterocycles. The van der Waals surface area contributed by atoms with Gasteiger partial charge < -0.3 is 19.4 Å². The number of hydrogen-bond acceptors (Lipinski definition) is 6. The number of amides is 1. The highest BCUT2D eigenvalue weighted by Gasteiger charge is 2.15. The number of rotatable bonds is 9. The fourth-order valence-corrected chi connectivity index (χ4v) is 4.23. The summed E-state index contributed by atoms with van der Waals surface area (Å²) in [6.07, 6.45) is 0. The summed E-state index contributed by atoms with van der Waals surface area (Å²) in [5.41, 5.74) is 4.17. The highest BCUT2D eigenvalue weighted by atomic mass is 32.2. The van der Waals surface area contributed by atoms with Gasteiger partial charge in [0.15, 0.2) is 22.5 Å². The SMILES string of the molecule is CCn1c(COc2ccccc2OC)nnc1SCC(=O)Nc1c(C)cc(C)cc1C. The molecule has 0 radical (unpaired) electrons. The van der Waals surface area contributed by atoms with Gasteiger partial charge in [0.2, 0.25) is 5.91 Å². The molecule has 1 heterocycles. The molecule has 0 fully saturated rings. The smallest absolute Gasteiger partial charge is 0.234 e. The van der Waals surface area contributed by atoms with Gasteiger partial charge in [-0.3, -0.25) is 4.79 Å². The van der Waals surface area contributed by atoms with Crippen LogP contribution in [-0.2, 0) is 17.9 Å². The summed E-state index contributed by atoms with van der Waals surface area (Å²) in [6.45, 7) is 9.01. The van der Waals surface area contributed by atoms with Crippen molar-refractivity contribution in [2.75, 3.05) is 18.2 Å². The van der Waals surface area contributed by atoms with Gasteiger partial charge in [-0.25, -0.2) is 0 Å². The zero-order chi connectivity index (χ0) is 22.4. The molecule has 1 amide bonds. The Morgan fingerprint density at radius 1 is 1.10 bits per heavy atom. The Morgan fingerprint density at radius 3 is 2.42 bits per heavy atom. The number of aromatic nitrogens is 3. The molecule has 0 atom stereocenters. The topological polar surface area (TPSA) is 78.3 Å². The normalized spacial score (nSPS) is 10.7. The van der Waals surface area contributed by atoms with Crippen molar-refractivity contribution in [2.24, 2.45) is 0 Å². The molecule has 164 valence electrons. The lowest BCUT2D eigenvalue weighted by Crippen LogP contribution is -2.16. The molecule has 0 aliphatic heterocycles. The van der Waals surface area contributed by atoms with E-state index >= 15 is 0 Å².